The van der Waals surface area contributed by atoms with Crippen molar-refractivity contribution in [2.45, 2.75) is 33.3 Å². The second-order valence-electron chi connectivity index (χ2n) is 6.98. The fourth-order valence-electron chi connectivity index (χ4n) is 2.61. The minimum absolute atomic E-state index is 0.111. The highest BCUT2D eigenvalue weighted by Gasteiger charge is 2.26. The number of carboxylic acid groups (broad SMARTS) is 1. The van der Waals surface area contributed by atoms with Crippen molar-refractivity contribution >= 4 is 23.4 Å². The summed E-state index contributed by atoms with van der Waals surface area (Å²) in [7, 11) is 0. The molecular formula is C17H25N3O4. The van der Waals surface area contributed by atoms with Crippen LogP contribution in [0.1, 0.15) is 36.7 Å². The highest BCUT2D eigenvalue weighted by Crippen LogP contribution is 2.26. The molecule has 1 saturated heterocycles. The van der Waals surface area contributed by atoms with Crippen LogP contribution in [0.2, 0.25) is 0 Å². The third kappa shape index (κ3) is 4.10. The van der Waals surface area contributed by atoms with Gasteiger partial charge in [0.15, 0.2) is 0 Å². The van der Waals surface area contributed by atoms with Crippen molar-refractivity contribution in [1.82, 2.24) is 4.90 Å². The molecule has 1 aromatic carbocycles. The number of rotatable bonds is 2. The molecule has 1 fully saturated rings. The molecule has 0 spiro atoms. The molecule has 1 aliphatic rings. The molecule has 0 aliphatic carbocycles. The van der Waals surface area contributed by atoms with Crippen LogP contribution in [0.5, 0.6) is 0 Å². The van der Waals surface area contributed by atoms with Gasteiger partial charge in [0.2, 0.25) is 0 Å². The van der Waals surface area contributed by atoms with E-state index in [0.717, 1.165) is 11.3 Å². The lowest BCUT2D eigenvalue weighted by Crippen LogP contribution is -2.50. The average Bonchev–Trinajstić information content (AvgIpc) is 2.48. The summed E-state index contributed by atoms with van der Waals surface area (Å²) in [5, 5.41) is 9.27. The smallest absolute Gasteiger partial charge is 0.410 e. The largest absolute Gasteiger partial charge is 0.478 e. The molecule has 0 saturated carbocycles. The second kappa shape index (κ2) is 6.59. The Labute approximate surface area is 142 Å². The van der Waals surface area contributed by atoms with Crippen molar-refractivity contribution in [1.29, 1.82) is 0 Å². The Bertz CT molecular complexity index is 644. The molecule has 3 N–H and O–H groups in total. The van der Waals surface area contributed by atoms with E-state index < -0.39 is 11.6 Å². The van der Waals surface area contributed by atoms with Crippen LogP contribution in [0.4, 0.5) is 16.2 Å². The standard InChI is InChI=1S/C17H25N3O4/c1-11-9-12(10-13(14(11)18)15(21)22)19-5-7-20(8-6-19)16(23)24-17(2,3)4/h9-10H,5-8,18H2,1-4H3,(H,21,22). The molecule has 0 bridgehead atoms. The Kier molecular flexibility index (Phi) is 4.91. The van der Waals surface area contributed by atoms with Crippen LogP contribution in [-0.4, -0.2) is 53.8 Å². The average molecular weight is 335 g/mol. The molecule has 1 aromatic rings. The Morgan fingerprint density at radius 1 is 1.17 bits per heavy atom. The third-order valence-electron chi connectivity index (χ3n) is 3.90. The molecular weight excluding hydrogens is 310 g/mol. The van der Waals surface area contributed by atoms with E-state index in [1.165, 1.54) is 0 Å². The van der Waals surface area contributed by atoms with E-state index in [1.807, 2.05) is 26.8 Å². The number of nitrogens with zero attached hydrogens (tertiary/aromatic N) is 2. The maximum atomic E-state index is 12.1. The van der Waals surface area contributed by atoms with E-state index in [1.54, 1.807) is 17.9 Å². The van der Waals surface area contributed by atoms with E-state index >= 15 is 0 Å². The lowest BCUT2D eigenvalue weighted by atomic mass is 10.1. The first kappa shape index (κ1) is 17.9. The van der Waals surface area contributed by atoms with Crippen LogP contribution in [0, 0.1) is 6.92 Å². The highest BCUT2D eigenvalue weighted by molar-refractivity contribution is 5.95. The second-order valence-corrected chi connectivity index (χ2v) is 6.98. The van der Waals surface area contributed by atoms with Gasteiger partial charge in [-0.3, -0.25) is 0 Å². The van der Waals surface area contributed by atoms with Gasteiger partial charge in [-0.2, -0.15) is 0 Å². The lowest BCUT2D eigenvalue weighted by molar-refractivity contribution is 0.0240. The van der Waals surface area contributed by atoms with Gasteiger partial charge in [0.25, 0.3) is 0 Å². The van der Waals surface area contributed by atoms with E-state index in [-0.39, 0.29) is 11.7 Å². The van der Waals surface area contributed by atoms with Crippen molar-refractivity contribution in [3.05, 3.63) is 23.3 Å². The number of ether oxygens (including phenoxy) is 1. The van der Waals surface area contributed by atoms with Gasteiger partial charge in [-0.1, -0.05) is 0 Å². The van der Waals surface area contributed by atoms with Gasteiger partial charge < -0.3 is 25.4 Å². The SMILES string of the molecule is Cc1cc(N2CCN(C(=O)OC(C)(C)C)CC2)cc(C(=O)O)c1N. The molecule has 1 heterocycles. The minimum Gasteiger partial charge on any atom is -0.478 e. The Hall–Kier alpha value is -2.44. The number of anilines is 2. The van der Waals surface area contributed by atoms with Gasteiger partial charge in [-0.25, -0.2) is 9.59 Å². The summed E-state index contributed by atoms with van der Waals surface area (Å²) in [4.78, 5) is 27.1. The number of aromatic carboxylic acids is 1. The zero-order valence-electron chi connectivity index (χ0n) is 14.6. The summed E-state index contributed by atoms with van der Waals surface area (Å²) in [6.07, 6.45) is -0.318. The monoisotopic (exact) mass is 335 g/mol. The topological polar surface area (TPSA) is 96.1 Å². The number of carbonyl (C=O) groups is 2. The van der Waals surface area contributed by atoms with E-state index in [9.17, 15) is 14.7 Å². The van der Waals surface area contributed by atoms with Gasteiger partial charge in [0.1, 0.15) is 5.60 Å². The van der Waals surface area contributed by atoms with E-state index in [2.05, 4.69) is 4.90 Å². The predicted octanol–water partition coefficient (Wildman–Crippen LogP) is 2.33. The normalized spacial score (nSPS) is 15.3. The van der Waals surface area contributed by atoms with Crippen molar-refractivity contribution in [3.63, 3.8) is 0 Å². The molecule has 1 amide bonds. The fraction of sp³-hybridized carbons (Fsp3) is 0.529. The molecule has 24 heavy (non-hydrogen) atoms. The maximum Gasteiger partial charge on any atom is 0.410 e. The van der Waals surface area contributed by atoms with Crippen molar-refractivity contribution in [3.8, 4) is 0 Å². The molecule has 132 valence electrons. The summed E-state index contributed by atoms with van der Waals surface area (Å²) in [5.74, 6) is -1.04. The first-order valence-corrected chi connectivity index (χ1v) is 7.95. The van der Waals surface area contributed by atoms with Crippen molar-refractivity contribution in [2.75, 3.05) is 36.8 Å². The van der Waals surface area contributed by atoms with Crippen LogP contribution >= 0.6 is 0 Å². The first-order chi connectivity index (χ1) is 11.1. The van der Waals surface area contributed by atoms with Crippen LogP contribution in [0.15, 0.2) is 12.1 Å². The molecule has 0 unspecified atom stereocenters. The molecule has 1 aliphatic heterocycles. The fourth-order valence-corrected chi connectivity index (χ4v) is 2.61. The third-order valence-corrected chi connectivity index (χ3v) is 3.90. The first-order valence-electron chi connectivity index (χ1n) is 7.95. The number of piperazine rings is 1. The Morgan fingerprint density at radius 3 is 2.25 bits per heavy atom. The summed E-state index contributed by atoms with van der Waals surface area (Å²) in [5.41, 5.74) is 7.26. The summed E-state index contributed by atoms with van der Waals surface area (Å²) < 4.78 is 5.38. The van der Waals surface area contributed by atoms with Crippen LogP contribution in [0.3, 0.4) is 0 Å². The van der Waals surface area contributed by atoms with Gasteiger partial charge >= 0.3 is 12.1 Å². The van der Waals surface area contributed by atoms with E-state index in [0.29, 0.717) is 31.9 Å². The number of carboxylic acids is 1. The van der Waals surface area contributed by atoms with Crippen LogP contribution in [-0.2, 0) is 4.74 Å². The number of benzene rings is 1. The van der Waals surface area contributed by atoms with Gasteiger partial charge in [0, 0.05) is 37.6 Å². The molecule has 0 radical (unpaired) electrons. The lowest BCUT2D eigenvalue weighted by Gasteiger charge is -2.37. The minimum atomic E-state index is -1.04. The number of aryl methyl sites for hydroxylation is 1. The van der Waals surface area contributed by atoms with Crippen LogP contribution < -0.4 is 10.6 Å². The summed E-state index contributed by atoms with van der Waals surface area (Å²) >= 11 is 0. The number of hydrogen-bond acceptors (Lipinski definition) is 5. The summed E-state index contributed by atoms with van der Waals surface area (Å²) in [6.45, 7) is 9.59. The molecule has 0 aromatic heterocycles. The Morgan fingerprint density at radius 2 is 1.75 bits per heavy atom. The number of carbonyl (C=O) groups excluding carboxylic acids is 1. The van der Waals surface area contributed by atoms with Gasteiger partial charge in [0.05, 0.1) is 5.56 Å². The zero-order valence-corrected chi connectivity index (χ0v) is 14.6. The maximum absolute atomic E-state index is 12.1. The molecule has 0 atom stereocenters. The predicted molar refractivity (Wildman–Crippen MR) is 92.6 cm³/mol. The van der Waals surface area contributed by atoms with Crippen LogP contribution in [0.25, 0.3) is 0 Å². The van der Waals surface area contributed by atoms with Crippen molar-refractivity contribution in [2.24, 2.45) is 0 Å². The van der Waals surface area contributed by atoms with Crippen molar-refractivity contribution < 1.29 is 19.4 Å². The Balaban J connectivity index is 2.07. The number of nitrogen functional groups attached to an aromatic ring is 1. The number of amides is 1. The highest BCUT2D eigenvalue weighted by atomic mass is 16.6. The van der Waals surface area contributed by atoms with Gasteiger partial charge in [-0.15, -0.1) is 0 Å². The number of nitrogens with two attached hydrogens (primary N) is 1. The summed E-state index contributed by atoms with van der Waals surface area (Å²) in [6, 6.07) is 3.47. The molecule has 7 nitrogen and oxygen atoms in total. The molecule has 7 heteroatoms. The zero-order chi connectivity index (χ0) is 18.1. The molecule has 2 rings (SSSR count). The van der Waals surface area contributed by atoms with E-state index in [4.69, 9.17) is 10.5 Å². The van der Waals surface area contributed by atoms with Gasteiger partial charge in [-0.05, 0) is 45.4 Å². The number of hydrogen-bond donors (Lipinski definition) is 2. The quantitative estimate of drug-likeness (QED) is 0.805.